The minimum Gasteiger partial charge on any atom is -0.478 e. The van der Waals surface area contributed by atoms with Crippen molar-refractivity contribution in [3.8, 4) is 5.88 Å². The number of carboxylic acids is 1. The quantitative estimate of drug-likeness (QED) is 0.260. The van der Waals surface area contributed by atoms with Crippen LogP contribution >= 0.6 is 22.9 Å². The van der Waals surface area contributed by atoms with Gasteiger partial charge in [0.05, 0.1) is 50.6 Å². The molecule has 0 radical (unpaired) electrons. The van der Waals surface area contributed by atoms with E-state index < -0.39 is 5.97 Å². The van der Waals surface area contributed by atoms with Crippen LogP contribution in [0, 0.1) is 0 Å². The number of ether oxygens (including phenoxy) is 2. The lowest BCUT2D eigenvalue weighted by Gasteiger charge is -2.35. The number of carbonyl (C=O) groups is 2. The van der Waals surface area contributed by atoms with E-state index in [0.717, 1.165) is 66.8 Å². The summed E-state index contributed by atoms with van der Waals surface area (Å²) in [5.41, 5.74) is 1.88. The lowest BCUT2D eigenvalue weighted by Crippen LogP contribution is -2.46. The third-order valence-electron chi connectivity index (χ3n) is 7.48. The van der Waals surface area contributed by atoms with Crippen LogP contribution in [0.2, 0.25) is 5.02 Å². The summed E-state index contributed by atoms with van der Waals surface area (Å²) in [5, 5.41) is 10.0. The van der Waals surface area contributed by atoms with Crippen molar-refractivity contribution in [2.75, 3.05) is 37.7 Å². The molecule has 2 fully saturated rings. The first-order valence-electron chi connectivity index (χ1n) is 13.5. The van der Waals surface area contributed by atoms with Crippen molar-refractivity contribution < 1.29 is 24.2 Å². The number of carbonyl (C=O) groups excluding carboxylic acids is 1. The van der Waals surface area contributed by atoms with Crippen LogP contribution in [0.4, 0.5) is 5.82 Å². The smallest absolute Gasteiger partial charge is 0.335 e. The zero-order chi connectivity index (χ0) is 28.5. The minimum atomic E-state index is -0.947. The Morgan fingerprint density at radius 1 is 1.15 bits per heavy atom. The molecule has 0 spiro atoms. The molecule has 1 atom stereocenters. The van der Waals surface area contributed by atoms with Crippen LogP contribution in [0.25, 0.3) is 11.0 Å². The Morgan fingerprint density at radius 3 is 2.63 bits per heavy atom. The fourth-order valence-corrected chi connectivity index (χ4v) is 6.28. The monoisotopic (exact) mass is 595 g/mol. The summed E-state index contributed by atoms with van der Waals surface area (Å²) in [6, 6.07) is 12.5. The van der Waals surface area contributed by atoms with Crippen molar-refractivity contribution >= 4 is 51.5 Å². The molecule has 12 heteroatoms. The zero-order valence-electron chi connectivity index (χ0n) is 22.6. The average molecular weight is 596 g/mol. The second-order valence-corrected chi connectivity index (χ2v) is 11.8. The van der Waals surface area contributed by atoms with Gasteiger partial charge in [-0.3, -0.25) is 9.69 Å². The van der Waals surface area contributed by atoms with Gasteiger partial charge in [0.2, 0.25) is 5.88 Å². The first-order valence-corrected chi connectivity index (χ1v) is 14.7. The zero-order valence-corrected chi connectivity index (χ0v) is 24.2. The number of hydrogen-bond acceptors (Lipinski definition) is 9. The van der Waals surface area contributed by atoms with Gasteiger partial charge in [-0.2, -0.15) is 4.98 Å². The largest absolute Gasteiger partial charge is 0.478 e. The maximum atomic E-state index is 11.6. The van der Waals surface area contributed by atoms with Gasteiger partial charge in [-0.15, -0.1) is 11.3 Å². The molecule has 0 unspecified atom stereocenters. The Hall–Kier alpha value is -3.51. The van der Waals surface area contributed by atoms with Gasteiger partial charge in [0.1, 0.15) is 18.2 Å². The molecule has 4 aromatic rings. The highest BCUT2D eigenvalue weighted by Gasteiger charge is 2.25. The molecule has 2 saturated heterocycles. The number of anilines is 1. The molecule has 5 heterocycles. The number of ketones is 1. The second kappa shape index (κ2) is 11.8. The van der Waals surface area contributed by atoms with Crippen LogP contribution in [0.5, 0.6) is 5.88 Å². The summed E-state index contributed by atoms with van der Waals surface area (Å²) >= 11 is 7.62. The molecule has 0 amide bonds. The van der Waals surface area contributed by atoms with E-state index in [9.17, 15) is 14.7 Å². The number of aromatic carboxylic acids is 1. The van der Waals surface area contributed by atoms with Gasteiger partial charge in [-0.25, -0.2) is 9.78 Å². The standard InChI is InChI=1S/C29H30ClN5O5S/c1-18(36)24-14-21(30)25(41-24)17-40-28-4-2-3-26(32-28)34-10-8-33(9-11-34)16-27-31-22-6-5-19(29(37)38)13-23(22)35(27)15-20-7-12-39-20/h2-6,13-14,20H,7-12,15-17H2,1H3,(H,37,38)/t20-/m0/s1. The molecule has 41 heavy (non-hydrogen) atoms. The first kappa shape index (κ1) is 27.6. The Labute approximate surface area is 246 Å². The number of hydrogen-bond donors (Lipinski definition) is 1. The highest BCUT2D eigenvalue weighted by atomic mass is 35.5. The Morgan fingerprint density at radius 2 is 1.95 bits per heavy atom. The van der Waals surface area contributed by atoms with E-state index in [4.69, 9.17) is 31.0 Å². The Balaban J connectivity index is 1.10. The lowest BCUT2D eigenvalue weighted by molar-refractivity contribution is -0.0592. The molecule has 0 saturated carbocycles. The second-order valence-electron chi connectivity index (χ2n) is 10.3. The van der Waals surface area contributed by atoms with E-state index >= 15 is 0 Å². The molecule has 1 N–H and O–H groups in total. The van der Waals surface area contributed by atoms with Crippen molar-refractivity contribution in [2.45, 2.75) is 39.1 Å². The lowest BCUT2D eigenvalue weighted by atomic mass is 10.1. The number of Topliss-reactive ketones (excluding diaryl/α,β-unsaturated/α-hetero) is 1. The summed E-state index contributed by atoms with van der Waals surface area (Å²) in [6.07, 6.45) is 1.12. The van der Waals surface area contributed by atoms with E-state index in [-0.39, 0.29) is 24.1 Å². The number of pyridine rings is 1. The first-order chi connectivity index (χ1) is 19.8. The molecule has 214 valence electrons. The van der Waals surface area contributed by atoms with Crippen LogP contribution in [-0.2, 0) is 24.4 Å². The summed E-state index contributed by atoms with van der Waals surface area (Å²) in [5.74, 6) is 1.31. The number of benzene rings is 1. The predicted octanol–water partition coefficient (Wildman–Crippen LogP) is 4.74. The fraction of sp³-hybridized carbons (Fsp3) is 0.379. The number of piperazine rings is 1. The minimum absolute atomic E-state index is 0.0145. The molecule has 2 aliphatic heterocycles. The van der Waals surface area contributed by atoms with Crippen LogP contribution in [0.15, 0.2) is 42.5 Å². The van der Waals surface area contributed by atoms with Gasteiger partial charge in [-0.05, 0) is 43.7 Å². The van der Waals surface area contributed by atoms with Crippen molar-refractivity contribution in [1.29, 1.82) is 0 Å². The van der Waals surface area contributed by atoms with Crippen molar-refractivity contribution in [2.24, 2.45) is 0 Å². The van der Waals surface area contributed by atoms with Gasteiger partial charge in [-0.1, -0.05) is 17.7 Å². The van der Waals surface area contributed by atoms with Gasteiger partial charge < -0.3 is 24.0 Å². The Bertz CT molecular complexity index is 1590. The number of rotatable bonds is 10. The average Bonchev–Trinajstić information content (AvgIpc) is 3.49. The van der Waals surface area contributed by atoms with Crippen LogP contribution < -0.4 is 9.64 Å². The van der Waals surface area contributed by atoms with E-state index in [1.807, 2.05) is 18.2 Å². The number of nitrogens with zero attached hydrogens (tertiary/aromatic N) is 5. The summed E-state index contributed by atoms with van der Waals surface area (Å²) in [6.45, 7) is 7.11. The number of fused-ring (bicyclic) bond motifs is 1. The number of thiophene rings is 1. The van der Waals surface area contributed by atoms with Gasteiger partial charge in [0, 0.05) is 38.9 Å². The van der Waals surface area contributed by atoms with Gasteiger partial charge >= 0.3 is 5.97 Å². The molecule has 1 aromatic carbocycles. The van der Waals surface area contributed by atoms with Gasteiger partial charge in [0.25, 0.3) is 0 Å². The van der Waals surface area contributed by atoms with Crippen LogP contribution in [0.3, 0.4) is 0 Å². The number of carboxylic acid groups (broad SMARTS) is 1. The molecule has 0 bridgehead atoms. The third kappa shape index (κ3) is 6.08. The maximum Gasteiger partial charge on any atom is 0.335 e. The highest BCUT2D eigenvalue weighted by molar-refractivity contribution is 7.14. The summed E-state index contributed by atoms with van der Waals surface area (Å²) in [4.78, 5) is 38.8. The molecule has 3 aromatic heterocycles. The fourth-order valence-electron chi connectivity index (χ4n) is 5.08. The third-order valence-corrected chi connectivity index (χ3v) is 9.14. The SMILES string of the molecule is CC(=O)c1cc(Cl)c(COc2cccc(N3CCN(Cc4nc5ccc(C(=O)O)cc5n4C[C@@H]4CCO4)CC3)n2)s1. The van der Waals surface area contributed by atoms with Crippen molar-refractivity contribution in [1.82, 2.24) is 19.4 Å². The van der Waals surface area contributed by atoms with Crippen molar-refractivity contribution in [3.63, 3.8) is 0 Å². The topological polar surface area (TPSA) is 110 Å². The maximum absolute atomic E-state index is 11.6. The molecule has 0 aliphatic carbocycles. The highest BCUT2D eigenvalue weighted by Crippen LogP contribution is 2.29. The summed E-state index contributed by atoms with van der Waals surface area (Å²) < 4.78 is 13.7. The van der Waals surface area contributed by atoms with Gasteiger partial charge in [0.15, 0.2) is 5.78 Å². The predicted molar refractivity (Wildman–Crippen MR) is 156 cm³/mol. The molecular weight excluding hydrogens is 566 g/mol. The molecule has 6 rings (SSSR count). The van der Waals surface area contributed by atoms with E-state index in [1.54, 1.807) is 24.3 Å². The normalized spacial score (nSPS) is 17.5. The molecular formula is C29H30ClN5O5S. The van der Waals surface area contributed by atoms with Crippen LogP contribution in [0.1, 0.15) is 44.1 Å². The van der Waals surface area contributed by atoms with E-state index in [2.05, 4.69) is 14.4 Å². The van der Waals surface area contributed by atoms with E-state index in [0.29, 0.717) is 28.9 Å². The Kier molecular flexibility index (Phi) is 7.94. The number of imidazole rings is 1. The molecule has 2 aliphatic rings. The van der Waals surface area contributed by atoms with Crippen LogP contribution in [-0.4, -0.2) is 75.2 Å². The number of aromatic nitrogens is 3. The summed E-state index contributed by atoms with van der Waals surface area (Å²) in [7, 11) is 0. The van der Waals surface area contributed by atoms with Crippen molar-refractivity contribution in [3.05, 3.63) is 68.6 Å². The molecule has 10 nitrogen and oxygen atoms in total. The van der Waals surface area contributed by atoms with E-state index in [1.165, 1.54) is 18.3 Å². The number of halogens is 1.